The van der Waals surface area contributed by atoms with Crippen molar-refractivity contribution >= 4 is 18.5 Å². The minimum absolute atomic E-state index is 0.0398. The van der Waals surface area contributed by atoms with Gasteiger partial charge in [-0.2, -0.15) is 5.10 Å². The second-order valence-corrected chi connectivity index (χ2v) is 6.00. The number of carbonyl (C=O) groups is 1. The van der Waals surface area contributed by atoms with Crippen molar-refractivity contribution in [3.8, 4) is 0 Å². The molecule has 0 saturated carbocycles. The fourth-order valence-electron chi connectivity index (χ4n) is 2.61. The molecule has 0 bridgehead atoms. The Morgan fingerprint density at radius 3 is 3.29 bits per heavy atom. The summed E-state index contributed by atoms with van der Waals surface area (Å²) in [5, 5.41) is 7.02. The molecule has 0 fully saturated rings. The second kappa shape index (κ2) is 10.4. The Hall–Kier alpha value is -2.43. The SMILES string of the molecule is CC1=C(CCC(=O)N/N=C/C2/C=C/N=C\N/C=C/C2)CC=CCC1. The monoisotopic (exact) mass is 326 g/mol. The Bertz CT molecular complexity index is 596. The minimum atomic E-state index is -0.0398. The number of hydrogen-bond donors (Lipinski definition) is 2. The van der Waals surface area contributed by atoms with Gasteiger partial charge >= 0.3 is 0 Å². The fourth-order valence-corrected chi connectivity index (χ4v) is 2.61. The summed E-state index contributed by atoms with van der Waals surface area (Å²) in [6, 6.07) is 0. The van der Waals surface area contributed by atoms with Crippen LogP contribution < -0.4 is 10.7 Å². The number of amides is 1. The highest BCUT2D eigenvalue weighted by atomic mass is 16.2. The molecule has 1 aliphatic carbocycles. The summed E-state index contributed by atoms with van der Waals surface area (Å²) in [4.78, 5) is 16.0. The van der Waals surface area contributed by atoms with Crippen LogP contribution in [0.1, 0.15) is 45.4 Å². The van der Waals surface area contributed by atoms with E-state index in [0.717, 1.165) is 32.1 Å². The highest BCUT2D eigenvalue weighted by Crippen LogP contribution is 2.22. The van der Waals surface area contributed by atoms with Crippen LogP contribution in [-0.4, -0.2) is 18.5 Å². The van der Waals surface area contributed by atoms with Crippen LogP contribution in [-0.2, 0) is 4.79 Å². The lowest BCUT2D eigenvalue weighted by Gasteiger charge is -2.08. The highest BCUT2D eigenvalue weighted by Gasteiger charge is 2.08. The summed E-state index contributed by atoms with van der Waals surface area (Å²) in [5.74, 6) is 0.0811. The molecule has 0 radical (unpaired) electrons. The topological polar surface area (TPSA) is 65.8 Å². The zero-order chi connectivity index (χ0) is 17.0. The van der Waals surface area contributed by atoms with Gasteiger partial charge in [-0.05, 0) is 45.2 Å². The van der Waals surface area contributed by atoms with E-state index in [0.29, 0.717) is 6.42 Å². The number of nitrogens with zero attached hydrogens (tertiary/aromatic N) is 2. The molecule has 2 aliphatic rings. The molecule has 0 aromatic rings. The third kappa shape index (κ3) is 6.77. The summed E-state index contributed by atoms with van der Waals surface area (Å²) in [6.45, 7) is 2.17. The van der Waals surface area contributed by atoms with Crippen LogP contribution in [0.5, 0.6) is 0 Å². The van der Waals surface area contributed by atoms with Crippen LogP contribution in [0.25, 0.3) is 0 Å². The fraction of sp³-hybridized carbons (Fsp3) is 0.421. The molecule has 0 aromatic heterocycles. The van der Waals surface area contributed by atoms with Crippen molar-refractivity contribution in [3.63, 3.8) is 0 Å². The van der Waals surface area contributed by atoms with E-state index in [-0.39, 0.29) is 11.8 Å². The van der Waals surface area contributed by atoms with Gasteiger partial charge in [-0.15, -0.1) is 0 Å². The van der Waals surface area contributed by atoms with Gasteiger partial charge in [0.1, 0.15) is 0 Å². The number of allylic oxidation sites excluding steroid dienone is 6. The average Bonchev–Trinajstić information content (AvgIpc) is 2.69. The van der Waals surface area contributed by atoms with E-state index < -0.39 is 0 Å². The van der Waals surface area contributed by atoms with Crippen LogP contribution in [0, 0.1) is 5.92 Å². The van der Waals surface area contributed by atoms with Gasteiger partial charge in [0.15, 0.2) is 0 Å². The first kappa shape index (κ1) is 17.9. The Balaban J connectivity index is 1.76. The largest absolute Gasteiger partial charge is 0.353 e. The van der Waals surface area contributed by atoms with E-state index in [1.165, 1.54) is 11.1 Å². The summed E-state index contributed by atoms with van der Waals surface area (Å²) in [5.41, 5.74) is 5.44. The molecule has 2 N–H and O–H groups in total. The van der Waals surface area contributed by atoms with Crippen LogP contribution in [0.15, 0.2) is 57.9 Å². The number of hydrogen-bond acceptors (Lipinski definition) is 4. The van der Waals surface area contributed by atoms with Crippen LogP contribution in [0.2, 0.25) is 0 Å². The van der Waals surface area contributed by atoms with Crippen molar-refractivity contribution < 1.29 is 4.79 Å². The maximum absolute atomic E-state index is 12.0. The van der Waals surface area contributed by atoms with E-state index >= 15 is 0 Å². The predicted octanol–water partition coefficient (Wildman–Crippen LogP) is 3.59. The summed E-state index contributed by atoms with van der Waals surface area (Å²) in [6.07, 6.45) is 20.6. The van der Waals surface area contributed by atoms with Gasteiger partial charge in [-0.1, -0.05) is 35.5 Å². The first-order chi connectivity index (χ1) is 11.8. The van der Waals surface area contributed by atoms with E-state index in [4.69, 9.17) is 0 Å². The molecule has 1 amide bonds. The molecule has 0 aromatic carbocycles. The summed E-state index contributed by atoms with van der Waals surface area (Å²) >= 11 is 0. The van der Waals surface area contributed by atoms with Crippen LogP contribution >= 0.6 is 0 Å². The van der Waals surface area contributed by atoms with Crippen molar-refractivity contribution in [1.29, 1.82) is 0 Å². The van der Waals surface area contributed by atoms with Gasteiger partial charge in [0.05, 0.1) is 6.34 Å². The molecule has 5 heteroatoms. The van der Waals surface area contributed by atoms with Crippen molar-refractivity contribution in [3.05, 3.63) is 47.9 Å². The number of aliphatic imine (C=N–C) groups is 1. The normalized spacial score (nSPS) is 25.1. The summed E-state index contributed by atoms with van der Waals surface area (Å²) in [7, 11) is 0. The van der Waals surface area contributed by atoms with Gasteiger partial charge in [0.2, 0.25) is 5.91 Å². The lowest BCUT2D eigenvalue weighted by molar-refractivity contribution is -0.121. The molecule has 1 aliphatic heterocycles. The second-order valence-electron chi connectivity index (χ2n) is 6.00. The lowest BCUT2D eigenvalue weighted by Crippen LogP contribution is -2.18. The van der Waals surface area contributed by atoms with Crippen LogP contribution in [0.3, 0.4) is 0 Å². The number of carbonyl (C=O) groups excluding carboxylic acids is 1. The number of nitrogens with one attached hydrogen (secondary N) is 2. The van der Waals surface area contributed by atoms with Crippen molar-refractivity contribution in [2.75, 3.05) is 0 Å². The molecule has 1 heterocycles. The highest BCUT2D eigenvalue weighted by molar-refractivity contribution is 5.77. The Morgan fingerprint density at radius 2 is 2.38 bits per heavy atom. The average molecular weight is 326 g/mol. The predicted molar refractivity (Wildman–Crippen MR) is 99.6 cm³/mol. The molecule has 1 atom stereocenters. The molecule has 24 heavy (non-hydrogen) atoms. The van der Waals surface area contributed by atoms with Gasteiger partial charge in [0.25, 0.3) is 0 Å². The van der Waals surface area contributed by atoms with E-state index in [1.54, 1.807) is 18.8 Å². The maximum Gasteiger partial charge on any atom is 0.240 e. The lowest BCUT2D eigenvalue weighted by atomic mass is 10.00. The van der Waals surface area contributed by atoms with Gasteiger partial charge in [-0.25, -0.2) is 10.4 Å². The van der Waals surface area contributed by atoms with E-state index in [2.05, 4.69) is 39.9 Å². The molecule has 0 saturated heterocycles. The quantitative estimate of drug-likeness (QED) is 0.460. The first-order valence-corrected chi connectivity index (χ1v) is 8.49. The zero-order valence-corrected chi connectivity index (χ0v) is 14.2. The smallest absolute Gasteiger partial charge is 0.240 e. The molecule has 5 nitrogen and oxygen atoms in total. The van der Waals surface area contributed by atoms with E-state index in [9.17, 15) is 4.79 Å². The minimum Gasteiger partial charge on any atom is -0.353 e. The Morgan fingerprint density at radius 1 is 1.46 bits per heavy atom. The molecule has 2 rings (SSSR count). The molecule has 0 spiro atoms. The standard InChI is InChI=1S/C19H26N4O/c1-16-6-3-2-4-8-18(16)9-10-19(24)23-22-14-17-7-5-12-20-15-21-13-11-17/h2,4-5,11-15,17H,3,6-10H2,1H3,(H,20,21)(H,23,24)/b12-5+,13-11+,22-14+. The Kier molecular flexibility index (Phi) is 7.74. The van der Waals surface area contributed by atoms with Crippen molar-refractivity contribution in [2.24, 2.45) is 16.0 Å². The summed E-state index contributed by atoms with van der Waals surface area (Å²) < 4.78 is 0. The van der Waals surface area contributed by atoms with Gasteiger partial charge in [-0.3, -0.25) is 4.79 Å². The first-order valence-electron chi connectivity index (χ1n) is 8.49. The molecule has 1 unspecified atom stereocenters. The van der Waals surface area contributed by atoms with Crippen molar-refractivity contribution in [2.45, 2.75) is 45.4 Å². The molecular weight excluding hydrogens is 300 g/mol. The van der Waals surface area contributed by atoms with Crippen LogP contribution in [0.4, 0.5) is 0 Å². The van der Waals surface area contributed by atoms with Gasteiger partial charge in [0, 0.05) is 24.8 Å². The molecular formula is C19H26N4O. The molecule has 128 valence electrons. The third-order valence-corrected chi connectivity index (χ3v) is 4.12. The third-order valence-electron chi connectivity index (χ3n) is 4.12. The number of hydrazone groups is 1. The zero-order valence-electron chi connectivity index (χ0n) is 14.2. The Labute approximate surface area is 144 Å². The maximum atomic E-state index is 12.0. The van der Waals surface area contributed by atoms with Gasteiger partial charge < -0.3 is 5.32 Å². The van der Waals surface area contributed by atoms with E-state index in [1.807, 2.05) is 18.4 Å². The van der Waals surface area contributed by atoms with Crippen molar-refractivity contribution in [1.82, 2.24) is 10.7 Å². The number of rotatable bonds is 5.